The molecule has 1 atom stereocenters. The van der Waals surface area contributed by atoms with Crippen LogP contribution in [0.15, 0.2) is 24.3 Å². The van der Waals surface area contributed by atoms with E-state index in [1.165, 1.54) is 0 Å². The van der Waals surface area contributed by atoms with Crippen LogP contribution in [0, 0.1) is 0 Å². The molecule has 0 heterocycles. The van der Waals surface area contributed by atoms with E-state index in [-0.39, 0.29) is 6.42 Å². The minimum absolute atomic E-state index is 0.271. The van der Waals surface area contributed by atoms with E-state index in [1.807, 2.05) is 0 Å². The molecule has 1 aromatic rings. The first-order valence-corrected chi connectivity index (χ1v) is 16.1. The van der Waals surface area contributed by atoms with Gasteiger partial charge in [-0.15, -0.1) is 0 Å². The van der Waals surface area contributed by atoms with Crippen molar-refractivity contribution in [2.24, 2.45) is 5.73 Å². The van der Waals surface area contributed by atoms with Gasteiger partial charge in [0.25, 0.3) is 0 Å². The van der Waals surface area contributed by atoms with Gasteiger partial charge in [0.15, 0.2) is 0 Å². The molecule has 0 amide bonds. The van der Waals surface area contributed by atoms with E-state index in [9.17, 15) is 4.79 Å². The van der Waals surface area contributed by atoms with E-state index < -0.39 is 12.0 Å². The van der Waals surface area contributed by atoms with Gasteiger partial charge in [0.1, 0.15) is 18.4 Å². The van der Waals surface area contributed by atoms with Crippen LogP contribution in [0.4, 0.5) is 0 Å². The Morgan fingerprint density at radius 2 is 0.787 bits per heavy atom. The molecule has 0 aliphatic rings. The number of ether oxygens (including phenoxy) is 12. The molecular weight excluding hydrogens is 622 g/mol. The molecule has 0 fully saturated rings. The standard InChI is InChI=1S/C32H57NO14/c1-36-6-7-37-8-9-38-10-11-39-12-13-40-14-15-41-16-17-42-18-19-43-20-21-44-22-23-45-24-25-46-26-27-47-30-4-2-29(3-5-30)28-31(33)32(34)35/h2-5,31H,6-28,33H2,1H3,(H,34,35). The smallest absolute Gasteiger partial charge is 0.320 e. The average molecular weight is 680 g/mol. The molecule has 15 nitrogen and oxygen atoms in total. The molecule has 0 saturated carbocycles. The number of benzene rings is 1. The fraction of sp³-hybridized carbons (Fsp3) is 0.781. The number of hydrogen-bond acceptors (Lipinski definition) is 14. The van der Waals surface area contributed by atoms with Gasteiger partial charge in [0.2, 0.25) is 0 Å². The maximum Gasteiger partial charge on any atom is 0.320 e. The van der Waals surface area contributed by atoms with Crippen LogP contribution in [-0.4, -0.2) is 170 Å². The van der Waals surface area contributed by atoms with Gasteiger partial charge in [0, 0.05) is 7.11 Å². The molecular formula is C32H57NO14. The molecule has 3 N–H and O–H groups in total. The fourth-order valence-corrected chi connectivity index (χ4v) is 3.50. The van der Waals surface area contributed by atoms with Gasteiger partial charge in [-0.25, -0.2) is 0 Å². The average Bonchev–Trinajstić information content (AvgIpc) is 3.07. The van der Waals surface area contributed by atoms with E-state index in [1.54, 1.807) is 31.4 Å². The molecule has 274 valence electrons. The summed E-state index contributed by atoms with van der Waals surface area (Å²) in [6, 6.07) is 6.26. The maximum atomic E-state index is 10.8. The topological polar surface area (TPSA) is 174 Å². The van der Waals surface area contributed by atoms with Gasteiger partial charge in [-0.1, -0.05) is 12.1 Å². The third-order valence-corrected chi connectivity index (χ3v) is 5.97. The monoisotopic (exact) mass is 679 g/mol. The molecule has 0 aliphatic heterocycles. The summed E-state index contributed by atoms with van der Waals surface area (Å²) >= 11 is 0. The molecule has 1 rings (SSSR count). The SMILES string of the molecule is COCCOCCOCCOCCOCCOCCOCCOCCOCCOCCOCCOc1ccc(CC(N)C(=O)O)cc1. The predicted octanol–water partition coefficient (Wildman–Crippen LogP) is 0.832. The zero-order valence-corrected chi connectivity index (χ0v) is 28.0. The van der Waals surface area contributed by atoms with Gasteiger partial charge < -0.3 is 67.7 Å². The highest BCUT2D eigenvalue weighted by molar-refractivity contribution is 5.73. The number of methoxy groups -OCH3 is 1. The second kappa shape index (κ2) is 33.9. The zero-order chi connectivity index (χ0) is 33.9. The number of rotatable bonds is 37. The Balaban J connectivity index is 1.69. The molecule has 0 aliphatic carbocycles. The first-order chi connectivity index (χ1) is 23.1. The minimum atomic E-state index is -1.02. The molecule has 15 heteroatoms. The summed E-state index contributed by atoms with van der Waals surface area (Å²) in [7, 11) is 1.64. The fourth-order valence-electron chi connectivity index (χ4n) is 3.50. The van der Waals surface area contributed by atoms with Gasteiger partial charge in [-0.2, -0.15) is 0 Å². The lowest BCUT2D eigenvalue weighted by molar-refractivity contribution is -0.138. The second-order valence-electron chi connectivity index (χ2n) is 9.76. The Morgan fingerprint density at radius 1 is 0.511 bits per heavy atom. The van der Waals surface area contributed by atoms with Crippen LogP contribution in [0.5, 0.6) is 5.75 Å². The first-order valence-electron chi connectivity index (χ1n) is 16.1. The highest BCUT2D eigenvalue weighted by atomic mass is 16.6. The highest BCUT2D eigenvalue weighted by Gasteiger charge is 2.11. The Labute approximate surface area is 279 Å². The molecule has 1 aromatic carbocycles. The molecule has 0 aromatic heterocycles. The van der Waals surface area contributed by atoms with E-state index in [0.29, 0.717) is 151 Å². The summed E-state index contributed by atoms with van der Waals surface area (Å²) in [5, 5.41) is 8.88. The van der Waals surface area contributed by atoms with Crippen LogP contribution in [-0.2, 0) is 63.3 Å². The van der Waals surface area contributed by atoms with Crippen molar-refractivity contribution in [3.63, 3.8) is 0 Å². The number of nitrogens with two attached hydrogens (primary N) is 1. The minimum Gasteiger partial charge on any atom is -0.491 e. The van der Waals surface area contributed by atoms with E-state index >= 15 is 0 Å². The quantitative estimate of drug-likeness (QED) is 0.0946. The third-order valence-electron chi connectivity index (χ3n) is 5.97. The van der Waals surface area contributed by atoms with Crippen molar-refractivity contribution in [2.45, 2.75) is 12.5 Å². The summed E-state index contributed by atoms with van der Waals surface area (Å²) in [4.78, 5) is 10.8. The zero-order valence-electron chi connectivity index (χ0n) is 28.0. The van der Waals surface area contributed by atoms with Crippen molar-refractivity contribution in [1.82, 2.24) is 0 Å². The van der Waals surface area contributed by atoms with Crippen LogP contribution in [0.1, 0.15) is 5.56 Å². The lowest BCUT2D eigenvalue weighted by Gasteiger charge is -2.10. The van der Waals surface area contributed by atoms with Crippen molar-refractivity contribution in [3.05, 3.63) is 29.8 Å². The number of hydrogen-bond donors (Lipinski definition) is 2. The van der Waals surface area contributed by atoms with Crippen molar-refractivity contribution >= 4 is 5.97 Å². The molecule has 0 saturated heterocycles. The second-order valence-corrected chi connectivity index (χ2v) is 9.76. The number of aliphatic carboxylic acids is 1. The molecule has 0 radical (unpaired) electrons. The lowest BCUT2D eigenvalue weighted by Crippen LogP contribution is -2.32. The van der Waals surface area contributed by atoms with Crippen LogP contribution in [0.25, 0.3) is 0 Å². The molecule has 0 spiro atoms. The van der Waals surface area contributed by atoms with Crippen molar-refractivity contribution < 1.29 is 66.7 Å². The van der Waals surface area contributed by atoms with Crippen molar-refractivity contribution in [1.29, 1.82) is 0 Å². The van der Waals surface area contributed by atoms with Crippen LogP contribution >= 0.6 is 0 Å². The normalized spacial score (nSPS) is 12.0. The van der Waals surface area contributed by atoms with E-state index in [2.05, 4.69) is 0 Å². The Hall–Kier alpha value is -1.99. The van der Waals surface area contributed by atoms with Crippen molar-refractivity contribution in [2.75, 3.05) is 152 Å². The van der Waals surface area contributed by atoms with Gasteiger partial charge in [-0.3, -0.25) is 4.79 Å². The molecule has 0 bridgehead atoms. The summed E-state index contributed by atoms with van der Waals surface area (Å²) in [6.07, 6.45) is 0.271. The molecule has 47 heavy (non-hydrogen) atoms. The van der Waals surface area contributed by atoms with Crippen LogP contribution < -0.4 is 10.5 Å². The molecule has 1 unspecified atom stereocenters. The third kappa shape index (κ3) is 29.9. The van der Waals surface area contributed by atoms with Gasteiger partial charge in [0.05, 0.1) is 139 Å². The summed E-state index contributed by atoms with van der Waals surface area (Å²) in [5.74, 6) is -0.337. The van der Waals surface area contributed by atoms with E-state index in [4.69, 9.17) is 67.7 Å². The Morgan fingerprint density at radius 3 is 1.06 bits per heavy atom. The number of carboxylic acids is 1. The summed E-state index contributed by atoms with van der Waals surface area (Å²) < 4.78 is 64.9. The number of carbonyl (C=O) groups is 1. The van der Waals surface area contributed by atoms with E-state index in [0.717, 1.165) is 5.56 Å². The van der Waals surface area contributed by atoms with Crippen LogP contribution in [0.2, 0.25) is 0 Å². The maximum absolute atomic E-state index is 10.8. The lowest BCUT2D eigenvalue weighted by atomic mass is 10.1. The highest BCUT2D eigenvalue weighted by Crippen LogP contribution is 2.13. The summed E-state index contributed by atoms with van der Waals surface area (Å²) in [6.45, 7) is 11.0. The van der Waals surface area contributed by atoms with Crippen LogP contribution in [0.3, 0.4) is 0 Å². The van der Waals surface area contributed by atoms with Crippen molar-refractivity contribution in [3.8, 4) is 5.75 Å². The number of carboxylic acid groups (broad SMARTS) is 1. The van der Waals surface area contributed by atoms with Gasteiger partial charge in [-0.05, 0) is 24.1 Å². The Bertz CT molecular complexity index is 805. The first kappa shape index (κ1) is 43.0. The summed E-state index contributed by atoms with van der Waals surface area (Å²) in [5.41, 5.74) is 6.38. The van der Waals surface area contributed by atoms with Gasteiger partial charge >= 0.3 is 5.97 Å². The predicted molar refractivity (Wildman–Crippen MR) is 171 cm³/mol. The Kier molecular flexibility index (Phi) is 31.0. The largest absolute Gasteiger partial charge is 0.491 e.